The number of benzene rings is 2. The summed E-state index contributed by atoms with van der Waals surface area (Å²) in [5.74, 6) is 0.878. The minimum atomic E-state index is 0.817. The van der Waals surface area contributed by atoms with Crippen LogP contribution in [0.15, 0.2) is 59.2 Å². The quantitative estimate of drug-likeness (QED) is 0.727. The SMILES string of the molecule is CN(Cc1ccccc1)c1cnc2cc(Br)ccc2n1. The van der Waals surface area contributed by atoms with Gasteiger partial charge in [0.25, 0.3) is 0 Å². The Bertz CT molecular complexity index is 728. The fourth-order valence-electron chi connectivity index (χ4n) is 2.10. The van der Waals surface area contributed by atoms with Crippen LogP contribution < -0.4 is 4.90 Å². The van der Waals surface area contributed by atoms with E-state index in [1.165, 1.54) is 5.56 Å². The van der Waals surface area contributed by atoms with Crippen LogP contribution in [-0.2, 0) is 6.54 Å². The van der Waals surface area contributed by atoms with Crippen molar-refractivity contribution >= 4 is 32.8 Å². The zero-order valence-corrected chi connectivity index (χ0v) is 12.7. The van der Waals surface area contributed by atoms with Crippen LogP contribution in [-0.4, -0.2) is 17.0 Å². The maximum Gasteiger partial charge on any atom is 0.147 e. The maximum absolute atomic E-state index is 4.66. The summed E-state index contributed by atoms with van der Waals surface area (Å²) in [6.45, 7) is 0.817. The lowest BCUT2D eigenvalue weighted by molar-refractivity contribution is 0.897. The maximum atomic E-state index is 4.66. The van der Waals surface area contributed by atoms with Gasteiger partial charge in [0.05, 0.1) is 17.2 Å². The molecule has 0 aliphatic heterocycles. The van der Waals surface area contributed by atoms with Crippen molar-refractivity contribution in [2.75, 3.05) is 11.9 Å². The molecule has 0 N–H and O–H groups in total. The van der Waals surface area contributed by atoms with Crippen molar-refractivity contribution in [3.8, 4) is 0 Å². The first kappa shape index (κ1) is 13.1. The van der Waals surface area contributed by atoms with Gasteiger partial charge in [-0.15, -0.1) is 0 Å². The van der Waals surface area contributed by atoms with E-state index in [2.05, 4.69) is 42.9 Å². The van der Waals surface area contributed by atoms with Gasteiger partial charge in [0.15, 0.2) is 0 Å². The molecule has 0 unspecified atom stereocenters. The second kappa shape index (κ2) is 5.59. The van der Waals surface area contributed by atoms with Gasteiger partial charge >= 0.3 is 0 Å². The summed E-state index contributed by atoms with van der Waals surface area (Å²) in [6, 6.07) is 16.3. The minimum Gasteiger partial charge on any atom is -0.354 e. The molecule has 2 aromatic carbocycles. The van der Waals surface area contributed by atoms with Crippen LogP contribution in [0, 0.1) is 0 Å². The highest BCUT2D eigenvalue weighted by Gasteiger charge is 2.06. The molecule has 0 saturated carbocycles. The van der Waals surface area contributed by atoms with Crippen molar-refractivity contribution in [1.82, 2.24) is 9.97 Å². The lowest BCUT2D eigenvalue weighted by atomic mass is 10.2. The van der Waals surface area contributed by atoms with E-state index < -0.39 is 0 Å². The van der Waals surface area contributed by atoms with E-state index >= 15 is 0 Å². The molecule has 0 radical (unpaired) electrons. The summed E-state index contributed by atoms with van der Waals surface area (Å²) in [6.07, 6.45) is 1.82. The highest BCUT2D eigenvalue weighted by molar-refractivity contribution is 9.10. The second-order valence-corrected chi connectivity index (χ2v) is 5.62. The van der Waals surface area contributed by atoms with Gasteiger partial charge in [-0.05, 0) is 23.8 Å². The van der Waals surface area contributed by atoms with Crippen LogP contribution in [0.4, 0.5) is 5.82 Å². The fourth-order valence-corrected chi connectivity index (χ4v) is 2.45. The molecule has 3 nitrogen and oxygen atoms in total. The Morgan fingerprint density at radius 3 is 2.65 bits per heavy atom. The molecule has 0 bridgehead atoms. The first-order valence-electron chi connectivity index (χ1n) is 6.40. The average Bonchev–Trinajstić information content (AvgIpc) is 2.47. The lowest BCUT2D eigenvalue weighted by Crippen LogP contribution is -2.17. The van der Waals surface area contributed by atoms with Gasteiger partial charge in [0, 0.05) is 18.1 Å². The van der Waals surface area contributed by atoms with E-state index in [0.717, 1.165) is 27.9 Å². The zero-order chi connectivity index (χ0) is 13.9. The Morgan fingerprint density at radius 2 is 1.85 bits per heavy atom. The third-order valence-corrected chi connectivity index (χ3v) is 3.64. The van der Waals surface area contributed by atoms with Crippen molar-refractivity contribution in [2.45, 2.75) is 6.54 Å². The molecule has 1 aromatic heterocycles. The predicted octanol–water partition coefficient (Wildman–Crippen LogP) is 4.03. The topological polar surface area (TPSA) is 29.0 Å². The van der Waals surface area contributed by atoms with E-state index in [4.69, 9.17) is 0 Å². The molecule has 0 amide bonds. The minimum absolute atomic E-state index is 0.817. The van der Waals surface area contributed by atoms with Gasteiger partial charge in [-0.2, -0.15) is 0 Å². The molecular formula is C16H14BrN3. The van der Waals surface area contributed by atoms with E-state index in [-0.39, 0.29) is 0 Å². The molecule has 3 rings (SSSR count). The van der Waals surface area contributed by atoms with Crippen molar-refractivity contribution < 1.29 is 0 Å². The number of aromatic nitrogens is 2. The van der Waals surface area contributed by atoms with Crippen LogP contribution in [0.1, 0.15) is 5.56 Å². The van der Waals surface area contributed by atoms with Gasteiger partial charge in [0.2, 0.25) is 0 Å². The van der Waals surface area contributed by atoms with Gasteiger partial charge in [-0.3, -0.25) is 4.98 Å². The molecule has 100 valence electrons. The number of anilines is 1. The molecule has 0 spiro atoms. The molecule has 4 heteroatoms. The first-order chi connectivity index (χ1) is 9.72. The molecule has 0 aliphatic carbocycles. The Kier molecular flexibility index (Phi) is 3.65. The van der Waals surface area contributed by atoms with Crippen LogP contribution in [0.5, 0.6) is 0 Å². The lowest BCUT2D eigenvalue weighted by Gasteiger charge is -2.18. The number of nitrogens with zero attached hydrogens (tertiary/aromatic N) is 3. The Balaban J connectivity index is 1.88. The molecule has 3 aromatic rings. The third kappa shape index (κ3) is 2.80. The van der Waals surface area contributed by atoms with E-state index in [1.807, 2.05) is 49.6 Å². The largest absolute Gasteiger partial charge is 0.354 e. The average molecular weight is 328 g/mol. The summed E-state index contributed by atoms with van der Waals surface area (Å²) in [4.78, 5) is 11.2. The van der Waals surface area contributed by atoms with Crippen molar-refractivity contribution in [3.05, 3.63) is 64.8 Å². The Morgan fingerprint density at radius 1 is 1.05 bits per heavy atom. The first-order valence-corrected chi connectivity index (χ1v) is 7.19. The normalized spacial score (nSPS) is 10.7. The second-order valence-electron chi connectivity index (χ2n) is 4.70. The molecule has 1 heterocycles. The van der Waals surface area contributed by atoms with Crippen LogP contribution in [0.2, 0.25) is 0 Å². The van der Waals surface area contributed by atoms with Crippen LogP contribution in [0.3, 0.4) is 0 Å². The Hall–Kier alpha value is -1.94. The summed E-state index contributed by atoms with van der Waals surface area (Å²) in [5, 5.41) is 0. The highest BCUT2D eigenvalue weighted by Crippen LogP contribution is 2.19. The number of halogens is 1. The number of rotatable bonds is 3. The standard InChI is InChI=1S/C16H14BrN3/c1-20(11-12-5-3-2-4-6-12)16-10-18-15-9-13(17)7-8-14(15)19-16/h2-10H,11H2,1H3. The van der Waals surface area contributed by atoms with Gasteiger partial charge in [-0.25, -0.2) is 4.98 Å². The fraction of sp³-hybridized carbons (Fsp3) is 0.125. The molecule has 0 atom stereocenters. The van der Waals surface area contributed by atoms with Gasteiger partial charge < -0.3 is 4.90 Å². The molecule has 20 heavy (non-hydrogen) atoms. The molecule has 0 saturated heterocycles. The van der Waals surface area contributed by atoms with Gasteiger partial charge in [0.1, 0.15) is 5.82 Å². The van der Waals surface area contributed by atoms with Crippen molar-refractivity contribution in [2.24, 2.45) is 0 Å². The third-order valence-electron chi connectivity index (χ3n) is 3.15. The van der Waals surface area contributed by atoms with Crippen molar-refractivity contribution in [1.29, 1.82) is 0 Å². The number of hydrogen-bond donors (Lipinski definition) is 0. The Labute approximate surface area is 126 Å². The predicted molar refractivity (Wildman–Crippen MR) is 85.8 cm³/mol. The van der Waals surface area contributed by atoms with Crippen LogP contribution >= 0.6 is 15.9 Å². The monoisotopic (exact) mass is 327 g/mol. The van der Waals surface area contributed by atoms with Gasteiger partial charge in [-0.1, -0.05) is 46.3 Å². The van der Waals surface area contributed by atoms with E-state index in [9.17, 15) is 0 Å². The molecular weight excluding hydrogens is 314 g/mol. The highest BCUT2D eigenvalue weighted by atomic mass is 79.9. The summed E-state index contributed by atoms with van der Waals surface area (Å²) in [5.41, 5.74) is 3.06. The van der Waals surface area contributed by atoms with Crippen molar-refractivity contribution in [3.63, 3.8) is 0 Å². The molecule has 0 aliphatic rings. The number of hydrogen-bond acceptors (Lipinski definition) is 3. The summed E-state index contributed by atoms with van der Waals surface area (Å²) in [7, 11) is 2.03. The molecule has 0 fully saturated rings. The van der Waals surface area contributed by atoms with Crippen LogP contribution in [0.25, 0.3) is 11.0 Å². The number of fused-ring (bicyclic) bond motifs is 1. The summed E-state index contributed by atoms with van der Waals surface area (Å²) < 4.78 is 1.02. The zero-order valence-electron chi connectivity index (χ0n) is 11.1. The van der Waals surface area contributed by atoms with E-state index in [1.54, 1.807) is 0 Å². The summed E-state index contributed by atoms with van der Waals surface area (Å²) >= 11 is 3.45. The smallest absolute Gasteiger partial charge is 0.147 e. The van der Waals surface area contributed by atoms with E-state index in [0.29, 0.717) is 0 Å².